The highest BCUT2D eigenvalue weighted by atomic mass is 32.1. The summed E-state index contributed by atoms with van der Waals surface area (Å²) in [4.78, 5) is 22.8. The molecule has 0 aliphatic carbocycles. The number of nitrogens with one attached hydrogen (secondary N) is 1. The monoisotopic (exact) mass is 495 g/mol. The summed E-state index contributed by atoms with van der Waals surface area (Å²) in [6.07, 6.45) is 3.45. The minimum Gasteiger partial charge on any atom is -0.497 e. The molecule has 0 aliphatic heterocycles. The fourth-order valence-corrected chi connectivity index (χ4v) is 4.75. The van der Waals surface area contributed by atoms with Crippen molar-refractivity contribution in [3.05, 3.63) is 94.4 Å². The predicted octanol–water partition coefficient (Wildman–Crippen LogP) is 6.18. The van der Waals surface area contributed by atoms with Gasteiger partial charge >= 0.3 is 0 Å². The van der Waals surface area contributed by atoms with Crippen molar-refractivity contribution >= 4 is 22.7 Å². The SMILES string of the molecule is CCn1nc(-c2ccccc2)c(-c2csc(-c3ccc(OC)cc3)n2)c(Nc2cnccc2C)c1=O. The molecule has 0 saturated carbocycles. The smallest absolute Gasteiger partial charge is 0.291 e. The van der Waals surface area contributed by atoms with Crippen molar-refractivity contribution in [2.24, 2.45) is 0 Å². The number of methoxy groups -OCH3 is 1. The summed E-state index contributed by atoms with van der Waals surface area (Å²) in [6, 6.07) is 19.6. The van der Waals surface area contributed by atoms with Crippen LogP contribution >= 0.6 is 11.3 Å². The molecule has 3 aromatic heterocycles. The fraction of sp³-hybridized carbons (Fsp3) is 0.143. The molecule has 0 radical (unpaired) electrons. The van der Waals surface area contributed by atoms with Gasteiger partial charge in [0.1, 0.15) is 22.1 Å². The van der Waals surface area contributed by atoms with E-state index in [1.807, 2.05) is 79.9 Å². The van der Waals surface area contributed by atoms with Crippen molar-refractivity contribution < 1.29 is 4.74 Å². The van der Waals surface area contributed by atoms with E-state index in [4.69, 9.17) is 14.8 Å². The number of thiazole rings is 1. The van der Waals surface area contributed by atoms with Crippen LogP contribution in [0.25, 0.3) is 33.1 Å². The minimum absolute atomic E-state index is 0.213. The van der Waals surface area contributed by atoms with E-state index in [9.17, 15) is 4.79 Å². The number of pyridine rings is 1. The number of benzene rings is 2. The van der Waals surface area contributed by atoms with Gasteiger partial charge in [-0.15, -0.1) is 11.3 Å². The van der Waals surface area contributed by atoms with Gasteiger partial charge in [-0.05, 0) is 49.7 Å². The van der Waals surface area contributed by atoms with Gasteiger partial charge in [0.25, 0.3) is 5.56 Å². The van der Waals surface area contributed by atoms with E-state index >= 15 is 0 Å². The van der Waals surface area contributed by atoms with Crippen molar-refractivity contribution in [1.82, 2.24) is 19.7 Å². The predicted molar refractivity (Wildman–Crippen MR) is 145 cm³/mol. The molecule has 0 fully saturated rings. The lowest BCUT2D eigenvalue weighted by Gasteiger charge is -2.17. The first-order valence-electron chi connectivity index (χ1n) is 11.6. The van der Waals surface area contributed by atoms with Crippen LogP contribution in [0.4, 0.5) is 11.4 Å². The highest BCUT2D eigenvalue weighted by Crippen LogP contribution is 2.38. The molecule has 5 rings (SSSR count). The van der Waals surface area contributed by atoms with Crippen molar-refractivity contribution in [3.63, 3.8) is 0 Å². The molecule has 2 aromatic carbocycles. The molecule has 3 heterocycles. The Kier molecular flexibility index (Phi) is 6.60. The summed E-state index contributed by atoms with van der Waals surface area (Å²) in [6.45, 7) is 4.33. The molecule has 0 amide bonds. The van der Waals surface area contributed by atoms with E-state index in [1.54, 1.807) is 19.5 Å². The van der Waals surface area contributed by atoms with Crippen molar-refractivity contribution in [2.75, 3.05) is 12.4 Å². The average Bonchev–Trinajstić information content (AvgIpc) is 3.41. The molecular formula is C28H25N5O2S. The van der Waals surface area contributed by atoms with Gasteiger partial charge in [-0.25, -0.2) is 9.67 Å². The third kappa shape index (κ3) is 4.50. The van der Waals surface area contributed by atoms with Crippen LogP contribution in [-0.4, -0.2) is 26.9 Å². The molecule has 0 spiro atoms. The zero-order valence-electron chi connectivity index (χ0n) is 20.2. The maximum absolute atomic E-state index is 13.6. The second-order valence-corrected chi connectivity index (χ2v) is 9.03. The number of ether oxygens (including phenoxy) is 1. The maximum Gasteiger partial charge on any atom is 0.291 e. The van der Waals surface area contributed by atoms with Crippen molar-refractivity contribution in [1.29, 1.82) is 0 Å². The largest absolute Gasteiger partial charge is 0.497 e. The van der Waals surface area contributed by atoms with Crippen LogP contribution in [0.1, 0.15) is 12.5 Å². The number of rotatable bonds is 7. The van der Waals surface area contributed by atoms with Gasteiger partial charge < -0.3 is 10.1 Å². The molecule has 0 aliphatic rings. The zero-order chi connectivity index (χ0) is 25.1. The standard InChI is InChI=1S/C28H25N5O2S/c1-4-33-28(34)26(30-22-16-29-15-14-18(22)2)24(25(32-33)19-8-6-5-7-9-19)23-17-36-27(31-23)20-10-12-21(35-3)13-11-20/h5-17,30H,4H2,1-3H3. The lowest BCUT2D eigenvalue weighted by Crippen LogP contribution is -2.26. The molecule has 0 bridgehead atoms. The molecule has 36 heavy (non-hydrogen) atoms. The number of hydrogen-bond acceptors (Lipinski definition) is 7. The molecule has 8 heteroatoms. The van der Waals surface area contributed by atoms with Crippen molar-refractivity contribution in [2.45, 2.75) is 20.4 Å². The van der Waals surface area contributed by atoms with Crippen LogP contribution in [0.15, 0.2) is 83.2 Å². The Morgan fingerprint density at radius 1 is 1.03 bits per heavy atom. The average molecular weight is 496 g/mol. The van der Waals surface area contributed by atoms with Gasteiger partial charge in [0.15, 0.2) is 0 Å². The van der Waals surface area contributed by atoms with Gasteiger partial charge in [0.05, 0.1) is 30.3 Å². The number of aromatic nitrogens is 4. The zero-order valence-corrected chi connectivity index (χ0v) is 21.0. The van der Waals surface area contributed by atoms with Crippen molar-refractivity contribution in [3.8, 4) is 38.8 Å². The molecule has 180 valence electrons. The summed E-state index contributed by atoms with van der Waals surface area (Å²) in [5.41, 5.74) is 5.86. The third-order valence-electron chi connectivity index (χ3n) is 5.90. The quantitative estimate of drug-likeness (QED) is 0.290. The van der Waals surface area contributed by atoms with E-state index < -0.39 is 0 Å². The number of hydrogen-bond donors (Lipinski definition) is 1. The van der Waals surface area contributed by atoms with Gasteiger partial charge in [-0.1, -0.05) is 30.3 Å². The normalized spacial score (nSPS) is 10.9. The van der Waals surface area contributed by atoms with Crippen LogP contribution < -0.4 is 15.6 Å². The summed E-state index contributed by atoms with van der Waals surface area (Å²) in [5.74, 6) is 0.785. The van der Waals surface area contributed by atoms with Crippen LogP contribution in [-0.2, 0) is 6.54 Å². The Bertz CT molecular complexity index is 1560. The molecule has 0 unspecified atom stereocenters. The van der Waals surface area contributed by atoms with Crippen LogP contribution in [0, 0.1) is 6.92 Å². The van der Waals surface area contributed by atoms with Crippen LogP contribution in [0.5, 0.6) is 5.75 Å². The Labute approximate surface area is 213 Å². The Hall–Kier alpha value is -4.30. The number of aryl methyl sites for hydroxylation is 2. The molecule has 7 nitrogen and oxygen atoms in total. The van der Waals surface area contributed by atoms with Gasteiger partial charge in [0.2, 0.25) is 0 Å². The van der Waals surface area contributed by atoms with E-state index in [0.717, 1.165) is 33.1 Å². The summed E-state index contributed by atoms with van der Waals surface area (Å²) in [5, 5.41) is 10.9. The summed E-state index contributed by atoms with van der Waals surface area (Å²) in [7, 11) is 1.64. The minimum atomic E-state index is -0.213. The molecule has 5 aromatic rings. The summed E-state index contributed by atoms with van der Waals surface area (Å²) >= 11 is 1.52. The van der Waals surface area contributed by atoms with Gasteiger partial charge in [-0.2, -0.15) is 5.10 Å². The van der Waals surface area contributed by atoms with E-state index in [0.29, 0.717) is 29.2 Å². The Morgan fingerprint density at radius 3 is 2.50 bits per heavy atom. The first-order chi connectivity index (χ1) is 17.6. The van der Waals surface area contributed by atoms with E-state index in [2.05, 4.69) is 10.3 Å². The Balaban J connectivity index is 1.73. The topological polar surface area (TPSA) is 81.9 Å². The molecule has 0 atom stereocenters. The maximum atomic E-state index is 13.6. The first kappa shape index (κ1) is 23.4. The third-order valence-corrected chi connectivity index (χ3v) is 6.79. The van der Waals surface area contributed by atoms with E-state index in [-0.39, 0.29) is 5.56 Å². The molecule has 0 saturated heterocycles. The Morgan fingerprint density at radius 2 is 1.81 bits per heavy atom. The molecular weight excluding hydrogens is 470 g/mol. The highest BCUT2D eigenvalue weighted by molar-refractivity contribution is 7.13. The highest BCUT2D eigenvalue weighted by Gasteiger charge is 2.23. The first-order valence-corrected chi connectivity index (χ1v) is 12.5. The van der Waals surface area contributed by atoms with Crippen LogP contribution in [0.3, 0.4) is 0 Å². The van der Waals surface area contributed by atoms with Gasteiger partial charge in [-0.3, -0.25) is 9.78 Å². The lowest BCUT2D eigenvalue weighted by atomic mass is 10.0. The summed E-state index contributed by atoms with van der Waals surface area (Å²) < 4.78 is 6.77. The lowest BCUT2D eigenvalue weighted by molar-refractivity contribution is 0.415. The second kappa shape index (κ2) is 10.1. The van der Waals surface area contributed by atoms with E-state index in [1.165, 1.54) is 16.0 Å². The van der Waals surface area contributed by atoms with Gasteiger partial charge in [0, 0.05) is 29.2 Å². The van der Waals surface area contributed by atoms with Crippen LogP contribution in [0.2, 0.25) is 0 Å². The number of anilines is 2. The second-order valence-electron chi connectivity index (χ2n) is 8.17. The molecule has 1 N–H and O–H groups in total. The number of nitrogens with zero attached hydrogens (tertiary/aromatic N) is 4. The fourth-order valence-electron chi connectivity index (χ4n) is 3.93.